The first kappa shape index (κ1) is 19.2. The van der Waals surface area contributed by atoms with Crippen LogP contribution < -0.4 is 15.2 Å². The van der Waals surface area contributed by atoms with Gasteiger partial charge in [0.2, 0.25) is 11.8 Å². The molecule has 1 rings (SSSR count). The molecule has 0 unspecified atom stereocenters. The van der Waals surface area contributed by atoms with Crippen LogP contribution >= 0.6 is 11.8 Å². The van der Waals surface area contributed by atoms with E-state index in [-0.39, 0.29) is 17.6 Å². The van der Waals surface area contributed by atoms with E-state index < -0.39 is 0 Å². The minimum atomic E-state index is -0.361. The van der Waals surface area contributed by atoms with Crippen molar-refractivity contribution in [3.63, 3.8) is 0 Å². The molecule has 23 heavy (non-hydrogen) atoms. The number of primary amides is 1. The number of benzene rings is 1. The summed E-state index contributed by atoms with van der Waals surface area (Å²) in [6.07, 6.45) is 0.388. The zero-order chi connectivity index (χ0) is 17.2. The van der Waals surface area contributed by atoms with Gasteiger partial charge in [-0.3, -0.25) is 9.59 Å². The first-order chi connectivity index (χ1) is 11.0. The highest BCUT2D eigenvalue weighted by atomic mass is 32.2. The van der Waals surface area contributed by atoms with Crippen molar-refractivity contribution in [1.82, 2.24) is 4.90 Å². The number of hydrogen-bond donors (Lipinski definition) is 1. The van der Waals surface area contributed by atoms with Gasteiger partial charge < -0.3 is 20.1 Å². The molecular weight excluding hydrogens is 316 g/mol. The Hall–Kier alpha value is -1.89. The van der Waals surface area contributed by atoms with E-state index in [1.165, 1.54) is 11.8 Å². The van der Waals surface area contributed by atoms with Gasteiger partial charge in [0.1, 0.15) is 0 Å². The Morgan fingerprint density at radius 2 is 1.91 bits per heavy atom. The predicted molar refractivity (Wildman–Crippen MR) is 91.8 cm³/mol. The van der Waals surface area contributed by atoms with Gasteiger partial charge in [-0.15, -0.1) is 0 Å². The summed E-state index contributed by atoms with van der Waals surface area (Å²) in [5, 5.41) is 0. The Kier molecular flexibility index (Phi) is 8.32. The number of nitrogens with two attached hydrogens (primary N) is 1. The lowest BCUT2D eigenvalue weighted by Crippen LogP contribution is -2.30. The molecule has 0 aliphatic carbocycles. The van der Waals surface area contributed by atoms with E-state index in [1.54, 1.807) is 19.1 Å². The van der Waals surface area contributed by atoms with Gasteiger partial charge >= 0.3 is 0 Å². The van der Waals surface area contributed by atoms with Crippen molar-refractivity contribution in [2.45, 2.75) is 19.9 Å². The Bertz CT molecular complexity index is 537. The molecule has 0 aromatic heterocycles. The minimum absolute atomic E-state index is 0.0549. The normalized spacial score (nSPS) is 10.2. The summed E-state index contributed by atoms with van der Waals surface area (Å²) in [7, 11) is 3.17. The monoisotopic (exact) mass is 340 g/mol. The van der Waals surface area contributed by atoms with Gasteiger partial charge in [0.05, 0.1) is 20.0 Å². The lowest BCUT2D eigenvalue weighted by molar-refractivity contribution is -0.131. The van der Waals surface area contributed by atoms with Crippen LogP contribution in [0.4, 0.5) is 0 Å². The van der Waals surface area contributed by atoms with Crippen LogP contribution in [0.25, 0.3) is 0 Å². The fourth-order valence-corrected chi connectivity index (χ4v) is 2.73. The second-order valence-corrected chi connectivity index (χ2v) is 5.97. The molecule has 1 aromatic rings. The molecule has 2 amide bonds. The molecule has 1 aromatic carbocycles. The van der Waals surface area contributed by atoms with Crippen LogP contribution in [-0.2, 0) is 16.1 Å². The number of rotatable bonds is 10. The van der Waals surface area contributed by atoms with Crippen LogP contribution in [0.3, 0.4) is 0 Å². The van der Waals surface area contributed by atoms with Gasteiger partial charge in [0, 0.05) is 25.3 Å². The number of carbonyl (C=O) groups excluding carboxylic acids is 2. The number of thioether (sulfide) groups is 1. The molecular formula is C16H24N2O4S. The van der Waals surface area contributed by atoms with Crippen LogP contribution in [0.2, 0.25) is 0 Å². The highest BCUT2D eigenvalue weighted by molar-refractivity contribution is 7.99. The second kappa shape index (κ2) is 9.99. The molecule has 0 aliphatic rings. The molecule has 128 valence electrons. The second-order valence-electron chi connectivity index (χ2n) is 4.87. The molecule has 0 bridgehead atoms. The molecule has 7 heteroatoms. The molecule has 0 saturated carbocycles. The average Bonchev–Trinajstić information content (AvgIpc) is 2.55. The quantitative estimate of drug-likeness (QED) is 0.655. The van der Waals surface area contributed by atoms with Crippen molar-refractivity contribution in [3.8, 4) is 11.5 Å². The fourth-order valence-electron chi connectivity index (χ4n) is 2.07. The Morgan fingerprint density at radius 1 is 1.22 bits per heavy atom. The third kappa shape index (κ3) is 6.40. The molecule has 0 spiro atoms. The summed E-state index contributed by atoms with van der Waals surface area (Å²) in [6.45, 7) is 3.07. The molecule has 0 fully saturated rings. The largest absolute Gasteiger partial charge is 0.493 e. The third-order valence-electron chi connectivity index (χ3n) is 3.26. The minimum Gasteiger partial charge on any atom is -0.493 e. The SMILES string of the molecule is CCN(Cc1ccc(OC)c(OC)c1)C(=O)CCSCC(N)=O. The highest BCUT2D eigenvalue weighted by Crippen LogP contribution is 2.28. The Morgan fingerprint density at radius 3 is 2.48 bits per heavy atom. The topological polar surface area (TPSA) is 81.9 Å². The van der Waals surface area contributed by atoms with Crippen molar-refractivity contribution >= 4 is 23.6 Å². The molecule has 0 radical (unpaired) electrons. The first-order valence-electron chi connectivity index (χ1n) is 7.36. The van der Waals surface area contributed by atoms with Crippen molar-refractivity contribution in [2.24, 2.45) is 5.73 Å². The number of amides is 2. The van der Waals surface area contributed by atoms with E-state index in [0.29, 0.717) is 36.8 Å². The van der Waals surface area contributed by atoms with Gasteiger partial charge in [-0.05, 0) is 24.6 Å². The number of hydrogen-bond acceptors (Lipinski definition) is 5. The molecule has 0 saturated heterocycles. The van der Waals surface area contributed by atoms with Crippen molar-refractivity contribution in [3.05, 3.63) is 23.8 Å². The van der Waals surface area contributed by atoms with E-state index in [2.05, 4.69) is 0 Å². The summed E-state index contributed by atoms with van der Waals surface area (Å²) in [4.78, 5) is 24.7. The Labute approximate surface area is 141 Å². The first-order valence-corrected chi connectivity index (χ1v) is 8.52. The van der Waals surface area contributed by atoms with E-state index in [4.69, 9.17) is 15.2 Å². The van der Waals surface area contributed by atoms with Crippen LogP contribution in [0.5, 0.6) is 11.5 Å². The van der Waals surface area contributed by atoms with Crippen molar-refractivity contribution < 1.29 is 19.1 Å². The maximum absolute atomic E-state index is 12.2. The van der Waals surface area contributed by atoms with Crippen molar-refractivity contribution in [1.29, 1.82) is 0 Å². The molecule has 0 heterocycles. The Balaban J connectivity index is 2.61. The van der Waals surface area contributed by atoms with Crippen LogP contribution in [0.1, 0.15) is 18.9 Å². The highest BCUT2D eigenvalue weighted by Gasteiger charge is 2.13. The van der Waals surface area contributed by atoms with Gasteiger partial charge in [-0.1, -0.05) is 6.07 Å². The van der Waals surface area contributed by atoms with Gasteiger partial charge in [-0.25, -0.2) is 0 Å². The van der Waals surface area contributed by atoms with E-state index in [0.717, 1.165) is 5.56 Å². The van der Waals surface area contributed by atoms with E-state index in [1.807, 2.05) is 25.1 Å². The van der Waals surface area contributed by atoms with Crippen LogP contribution in [0, 0.1) is 0 Å². The maximum Gasteiger partial charge on any atom is 0.227 e. The van der Waals surface area contributed by atoms with Gasteiger partial charge in [0.15, 0.2) is 11.5 Å². The van der Waals surface area contributed by atoms with E-state index in [9.17, 15) is 9.59 Å². The summed E-state index contributed by atoms with van der Waals surface area (Å²) in [6, 6.07) is 5.62. The zero-order valence-electron chi connectivity index (χ0n) is 13.8. The number of ether oxygens (including phenoxy) is 2. The van der Waals surface area contributed by atoms with Crippen LogP contribution in [0.15, 0.2) is 18.2 Å². The molecule has 0 aliphatic heterocycles. The fraction of sp³-hybridized carbons (Fsp3) is 0.500. The summed E-state index contributed by atoms with van der Waals surface area (Å²) >= 11 is 1.38. The predicted octanol–water partition coefficient (Wildman–Crippen LogP) is 1.66. The molecule has 0 atom stereocenters. The zero-order valence-corrected chi connectivity index (χ0v) is 14.6. The average molecular weight is 340 g/mol. The molecule has 6 nitrogen and oxygen atoms in total. The maximum atomic E-state index is 12.2. The van der Waals surface area contributed by atoms with Crippen LogP contribution in [-0.4, -0.2) is 49.0 Å². The standard InChI is InChI=1S/C16H24N2O4S/c1-4-18(16(20)7-8-23-11-15(17)19)10-12-5-6-13(21-2)14(9-12)22-3/h5-6,9H,4,7-8,10-11H2,1-3H3,(H2,17,19). The van der Waals surface area contributed by atoms with E-state index >= 15 is 0 Å². The third-order valence-corrected chi connectivity index (χ3v) is 4.24. The number of methoxy groups -OCH3 is 2. The summed E-state index contributed by atoms with van der Waals surface area (Å²) in [5.74, 6) is 1.83. The molecule has 2 N–H and O–H groups in total. The summed E-state index contributed by atoms with van der Waals surface area (Å²) in [5.41, 5.74) is 6.05. The van der Waals surface area contributed by atoms with Gasteiger partial charge in [0.25, 0.3) is 0 Å². The number of carbonyl (C=O) groups is 2. The smallest absolute Gasteiger partial charge is 0.227 e. The van der Waals surface area contributed by atoms with Crippen molar-refractivity contribution in [2.75, 3.05) is 32.3 Å². The van der Waals surface area contributed by atoms with Gasteiger partial charge in [-0.2, -0.15) is 11.8 Å². The summed E-state index contributed by atoms with van der Waals surface area (Å²) < 4.78 is 10.5. The lowest BCUT2D eigenvalue weighted by atomic mass is 10.2. The number of nitrogens with zero attached hydrogens (tertiary/aromatic N) is 1. The lowest BCUT2D eigenvalue weighted by Gasteiger charge is -2.21.